The topological polar surface area (TPSA) is 25.8 Å². The maximum Gasteiger partial charge on any atom is 0.0924 e. The summed E-state index contributed by atoms with van der Waals surface area (Å²) in [6.07, 6.45) is 3.51. The minimum absolute atomic E-state index is 0.495. The van der Waals surface area contributed by atoms with Crippen molar-refractivity contribution >= 4 is 11.0 Å². The van der Waals surface area contributed by atoms with Gasteiger partial charge in [0.1, 0.15) is 0 Å². The molecule has 0 saturated carbocycles. The Hall–Kier alpha value is -1.44. The zero-order valence-electron chi connectivity index (χ0n) is 12.8. The third kappa shape index (κ3) is 3.80. The Bertz CT molecular complexity index is 462. The van der Waals surface area contributed by atoms with Crippen LogP contribution < -0.4 is 0 Å². The highest BCUT2D eigenvalue weighted by Crippen LogP contribution is 2.24. The van der Waals surface area contributed by atoms with E-state index in [0.29, 0.717) is 5.92 Å². The van der Waals surface area contributed by atoms with E-state index in [1.807, 2.05) is 27.7 Å². The Morgan fingerprint density at radius 3 is 1.83 bits per heavy atom. The van der Waals surface area contributed by atoms with Crippen LogP contribution in [0.2, 0.25) is 0 Å². The average Bonchev–Trinajstić information content (AvgIpc) is 2.43. The number of rotatable bonds is 1. The second-order valence-corrected chi connectivity index (χ2v) is 3.88. The van der Waals surface area contributed by atoms with Crippen molar-refractivity contribution in [3.05, 3.63) is 35.7 Å². The summed E-state index contributed by atoms with van der Waals surface area (Å²) >= 11 is 0. The molecule has 0 aliphatic rings. The van der Waals surface area contributed by atoms with Gasteiger partial charge in [0.25, 0.3) is 0 Å². The average molecular weight is 246 g/mol. The van der Waals surface area contributed by atoms with Gasteiger partial charge in [0, 0.05) is 12.4 Å². The van der Waals surface area contributed by atoms with E-state index in [4.69, 9.17) is 0 Å². The number of fused-ring (bicyclic) bond motifs is 1. The lowest BCUT2D eigenvalue weighted by atomic mass is 9.99. The lowest BCUT2D eigenvalue weighted by Gasteiger charge is -2.09. The molecule has 2 nitrogen and oxygen atoms in total. The van der Waals surface area contributed by atoms with Gasteiger partial charge in [-0.1, -0.05) is 53.7 Å². The zero-order valence-corrected chi connectivity index (χ0v) is 12.8. The third-order valence-corrected chi connectivity index (χ3v) is 2.48. The molecule has 100 valence electrons. The molecule has 0 atom stereocenters. The van der Waals surface area contributed by atoms with Crippen LogP contribution in [-0.2, 0) is 0 Å². The predicted octanol–water partition coefficient (Wildman–Crippen LogP) is 5.11. The third-order valence-electron chi connectivity index (χ3n) is 2.48. The summed E-state index contributed by atoms with van der Waals surface area (Å²) in [5.41, 5.74) is 4.54. The minimum Gasteiger partial charge on any atom is -0.253 e. The Labute approximate surface area is 111 Å². The summed E-state index contributed by atoms with van der Waals surface area (Å²) in [7, 11) is 0. The lowest BCUT2D eigenvalue weighted by Crippen LogP contribution is -1.94. The highest BCUT2D eigenvalue weighted by Gasteiger charge is 2.07. The van der Waals surface area contributed by atoms with Crippen LogP contribution in [0.1, 0.15) is 58.6 Å². The quantitative estimate of drug-likeness (QED) is 0.698. The molecule has 0 amide bonds. The summed E-state index contributed by atoms with van der Waals surface area (Å²) in [6.45, 7) is 14.4. The number of nitrogens with zero attached hydrogens (tertiary/aromatic N) is 2. The van der Waals surface area contributed by atoms with Gasteiger partial charge < -0.3 is 0 Å². The van der Waals surface area contributed by atoms with Crippen molar-refractivity contribution in [1.82, 2.24) is 9.97 Å². The lowest BCUT2D eigenvalue weighted by molar-refractivity contribution is 0.871. The van der Waals surface area contributed by atoms with E-state index in [1.165, 1.54) is 11.1 Å². The van der Waals surface area contributed by atoms with E-state index in [2.05, 4.69) is 42.9 Å². The number of aryl methyl sites for hydroxylation is 1. The molecule has 0 radical (unpaired) electrons. The molecule has 1 aromatic heterocycles. The molecule has 2 heteroatoms. The minimum atomic E-state index is 0.495. The fraction of sp³-hybridized carbons (Fsp3) is 0.500. The molecule has 0 fully saturated rings. The van der Waals surface area contributed by atoms with E-state index >= 15 is 0 Å². The summed E-state index contributed by atoms with van der Waals surface area (Å²) in [5, 5.41) is 0. The number of benzene rings is 1. The number of aromatic nitrogens is 2. The van der Waals surface area contributed by atoms with Crippen molar-refractivity contribution in [2.45, 2.75) is 54.4 Å². The van der Waals surface area contributed by atoms with Crippen molar-refractivity contribution in [1.29, 1.82) is 0 Å². The highest BCUT2D eigenvalue weighted by atomic mass is 14.8. The molecule has 0 N–H and O–H groups in total. The molecule has 2 aromatic rings. The summed E-state index contributed by atoms with van der Waals surface area (Å²) in [6, 6.07) is 4.27. The van der Waals surface area contributed by atoms with Gasteiger partial charge in [-0.25, -0.2) is 0 Å². The monoisotopic (exact) mass is 246 g/mol. The second kappa shape index (κ2) is 8.62. The van der Waals surface area contributed by atoms with Gasteiger partial charge >= 0.3 is 0 Å². The Morgan fingerprint density at radius 2 is 1.33 bits per heavy atom. The van der Waals surface area contributed by atoms with Crippen LogP contribution in [0.25, 0.3) is 11.0 Å². The largest absolute Gasteiger partial charge is 0.253 e. The van der Waals surface area contributed by atoms with Gasteiger partial charge in [0.15, 0.2) is 0 Å². The standard InChI is InChI=1S/C12H14N2.2C2H6/c1-8(2)10-5-4-9(3)11-12(10)14-7-6-13-11;2*1-2/h4-8H,1-3H3;2*1-2H3. The van der Waals surface area contributed by atoms with Gasteiger partial charge in [0.2, 0.25) is 0 Å². The van der Waals surface area contributed by atoms with Crippen LogP contribution in [0.3, 0.4) is 0 Å². The fourth-order valence-electron chi connectivity index (χ4n) is 1.68. The van der Waals surface area contributed by atoms with Crippen molar-refractivity contribution in [3.63, 3.8) is 0 Å². The van der Waals surface area contributed by atoms with Crippen LogP contribution in [0.5, 0.6) is 0 Å². The van der Waals surface area contributed by atoms with Gasteiger partial charge in [-0.2, -0.15) is 0 Å². The molecule has 0 aliphatic heterocycles. The van der Waals surface area contributed by atoms with Gasteiger partial charge in [-0.05, 0) is 24.0 Å². The maximum absolute atomic E-state index is 4.40. The second-order valence-electron chi connectivity index (χ2n) is 3.88. The van der Waals surface area contributed by atoms with Crippen LogP contribution in [0, 0.1) is 6.92 Å². The Balaban J connectivity index is 0.000000659. The number of hydrogen-bond donors (Lipinski definition) is 0. The first-order chi connectivity index (χ1) is 8.70. The maximum atomic E-state index is 4.40. The first-order valence-electron chi connectivity index (χ1n) is 6.90. The van der Waals surface area contributed by atoms with E-state index in [1.54, 1.807) is 12.4 Å². The molecule has 0 saturated heterocycles. The molecule has 2 rings (SSSR count). The predicted molar refractivity (Wildman–Crippen MR) is 81.1 cm³/mol. The molecule has 18 heavy (non-hydrogen) atoms. The molecular weight excluding hydrogens is 220 g/mol. The Morgan fingerprint density at radius 1 is 0.833 bits per heavy atom. The molecule has 1 heterocycles. The molecule has 0 unspecified atom stereocenters. The molecule has 0 aliphatic carbocycles. The smallest absolute Gasteiger partial charge is 0.0924 e. The summed E-state index contributed by atoms with van der Waals surface area (Å²) < 4.78 is 0. The zero-order chi connectivity index (χ0) is 14.1. The molecule has 1 aromatic carbocycles. The first kappa shape index (κ1) is 16.6. The van der Waals surface area contributed by atoms with Crippen molar-refractivity contribution in [2.24, 2.45) is 0 Å². The van der Waals surface area contributed by atoms with Crippen molar-refractivity contribution in [3.8, 4) is 0 Å². The fourth-order valence-corrected chi connectivity index (χ4v) is 1.68. The van der Waals surface area contributed by atoms with E-state index in [0.717, 1.165) is 11.0 Å². The van der Waals surface area contributed by atoms with Crippen LogP contribution in [-0.4, -0.2) is 9.97 Å². The van der Waals surface area contributed by atoms with Crippen LogP contribution in [0.4, 0.5) is 0 Å². The molecular formula is C16H26N2. The summed E-state index contributed by atoms with van der Waals surface area (Å²) in [4.78, 5) is 8.76. The normalized spacial score (nSPS) is 9.33. The van der Waals surface area contributed by atoms with Crippen LogP contribution >= 0.6 is 0 Å². The van der Waals surface area contributed by atoms with Gasteiger partial charge in [0.05, 0.1) is 11.0 Å². The van der Waals surface area contributed by atoms with E-state index in [-0.39, 0.29) is 0 Å². The first-order valence-corrected chi connectivity index (χ1v) is 6.90. The molecule has 0 spiro atoms. The number of hydrogen-bond acceptors (Lipinski definition) is 2. The SMILES string of the molecule is CC.CC.Cc1ccc(C(C)C)c2nccnc12. The van der Waals surface area contributed by atoms with E-state index < -0.39 is 0 Å². The van der Waals surface area contributed by atoms with Crippen molar-refractivity contribution in [2.75, 3.05) is 0 Å². The summed E-state index contributed by atoms with van der Waals surface area (Å²) in [5.74, 6) is 0.495. The van der Waals surface area contributed by atoms with Gasteiger partial charge in [-0.15, -0.1) is 0 Å². The van der Waals surface area contributed by atoms with Crippen molar-refractivity contribution < 1.29 is 0 Å². The molecule has 0 bridgehead atoms. The highest BCUT2D eigenvalue weighted by molar-refractivity contribution is 5.81. The van der Waals surface area contributed by atoms with Crippen LogP contribution in [0.15, 0.2) is 24.5 Å². The van der Waals surface area contributed by atoms with E-state index in [9.17, 15) is 0 Å². The van der Waals surface area contributed by atoms with Gasteiger partial charge in [-0.3, -0.25) is 9.97 Å². The Kier molecular flexibility index (Phi) is 7.93.